The summed E-state index contributed by atoms with van der Waals surface area (Å²) in [5, 5.41) is 2.67. The number of ether oxygens (including phenoxy) is 4. The Balaban J connectivity index is 2.00. The van der Waals surface area contributed by atoms with Gasteiger partial charge in [-0.1, -0.05) is 12.1 Å². The number of methoxy groups -OCH3 is 3. The summed E-state index contributed by atoms with van der Waals surface area (Å²) in [6.07, 6.45) is 1.91. The maximum atomic E-state index is 12.1. The van der Waals surface area contributed by atoms with Gasteiger partial charge in [-0.25, -0.2) is 0 Å². The molecule has 0 aromatic heterocycles. The summed E-state index contributed by atoms with van der Waals surface area (Å²) < 4.78 is 22.0. The molecule has 0 bridgehead atoms. The van der Waals surface area contributed by atoms with Crippen LogP contribution in [-0.2, 0) is 4.79 Å². The molecule has 2 aromatic carbocycles. The van der Waals surface area contributed by atoms with Gasteiger partial charge >= 0.3 is 0 Å². The molecule has 2 aromatic rings. The zero-order valence-electron chi connectivity index (χ0n) is 14.4. The molecule has 1 amide bonds. The predicted octanol–water partition coefficient (Wildman–Crippen LogP) is 3.86. The number of hydrogen-bond acceptors (Lipinski definition) is 6. The number of anilines is 1. The van der Waals surface area contributed by atoms with Crippen LogP contribution in [0.3, 0.4) is 0 Å². The highest BCUT2D eigenvalue weighted by molar-refractivity contribution is 7.99. The van der Waals surface area contributed by atoms with Gasteiger partial charge < -0.3 is 24.3 Å². The molecule has 1 heterocycles. The molecule has 0 saturated carbocycles. The van der Waals surface area contributed by atoms with Crippen molar-refractivity contribution in [3.05, 3.63) is 35.9 Å². The third-order valence-corrected chi connectivity index (χ3v) is 4.87. The van der Waals surface area contributed by atoms with Crippen LogP contribution in [0.2, 0.25) is 0 Å². The smallest absolute Gasteiger partial charge is 0.242 e. The fourth-order valence-corrected chi connectivity index (χ4v) is 3.52. The Morgan fingerprint density at radius 3 is 2.24 bits per heavy atom. The second kappa shape index (κ2) is 7.14. The van der Waals surface area contributed by atoms with Gasteiger partial charge in [-0.05, 0) is 12.3 Å². The number of benzene rings is 2. The average molecular weight is 361 g/mol. The first kappa shape index (κ1) is 17.3. The van der Waals surface area contributed by atoms with Crippen LogP contribution in [0.25, 0.3) is 0 Å². The van der Waals surface area contributed by atoms with Crippen LogP contribution in [0.15, 0.2) is 30.3 Å². The number of fused-ring (bicyclic) bond motifs is 1. The molecule has 3 rings (SSSR count). The zero-order valence-corrected chi connectivity index (χ0v) is 15.2. The summed E-state index contributed by atoms with van der Waals surface area (Å²) in [7, 11) is 4.64. The fraction of sp³-hybridized carbons (Fsp3) is 0.278. The van der Waals surface area contributed by atoms with Crippen molar-refractivity contribution < 1.29 is 23.7 Å². The van der Waals surface area contributed by atoms with E-state index in [1.807, 2.05) is 24.5 Å². The number of rotatable bonds is 6. The second-order valence-electron chi connectivity index (χ2n) is 5.29. The molecule has 132 valence electrons. The average Bonchev–Trinajstić information content (AvgIpc) is 2.96. The number of carbonyl (C=O) groups excluding carboxylic acids is 1. The van der Waals surface area contributed by atoms with Crippen molar-refractivity contribution in [1.82, 2.24) is 0 Å². The van der Waals surface area contributed by atoms with E-state index >= 15 is 0 Å². The number of hydrogen-bond donors (Lipinski definition) is 1. The normalized spacial score (nSPS) is 15.4. The lowest BCUT2D eigenvalue weighted by Gasteiger charge is -2.15. The molecule has 0 fully saturated rings. The molecule has 0 spiro atoms. The Bertz CT molecular complexity index is 783. The number of thioether (sulfide) groups is 1. The lowest BCUT2D eigenvalue weighted by Crippen LogP contribution is -2.08. The minimum absolute atomic E-state index is 0.0385. The maximum Gasteiger partial charge on any atom is 0.242 e. The minimum Gasteiger partial charge on any atom is -0.493 e. The fourth-order valence-electron chi connectivity index (χ4n) is 2.79. The van der Waals surface area contributed by atoms with Crippen molar-refractivity contribution in [2.75, 3.05) is 32.9 Å². The van der Waals surface area contributed by atoms with Crippen molar-refractivity contribution in [3.63, 3.8) is 0 Å². The lowest BCUT2D eigenvalue weighted by molar-refractivity contribution is -0.115. The molecular weight excluding hydrogens is 342 g/mol. The topological polar surface area (TPSA) is 66.0 Å². The van der Waals surface area contributed by atoms with Crippen LogP contribution in [0.1, 0.15) is 10.8 Å². The van der Waals surface area contributed by atoms with E-state index in [4.69, 9.17) is 18.9 Å². The van der Waals surface area contributed by atoms with E-state index in [9.17, 15) is 4.79 Å². The first-order chi connectivity index (χ1) is 12.1. The molecule has 0 aliphatic carbocycles. The van der Waals surface area contributed by atoms with E-state index in [0.29, 0.717) is 34.4 Å². The van der Waals surface area contributed by atoms with Crippen molar-refractivity contribution in [2.45, 2.75) is 5.25 Å². The van der Waals surface area contributed by atoms with Gasteiger partial charge in [0.25, 0.3) is 0 Å². The zero-order chi connectivity index (χ0) is 18.0. The van der Waals surface area contributed by atoms with Crippen molar-refractivity contribution in [1.29, 1.82) is 0 Å². The van der Waals surface area contributed by atoms with E-state index in [1.165, 1.54) is 11.8 Å². The van der Waals surface area contributed by atoms with E-state index < -0.39 is 0 Å². The molecule has 1 unspecified atom stereocenters. The van der Waals surface area contributed by atoms with Gasteiger partial charge in [-0.3, -0.25) is 4.79 Å². The van der Waals surface area contributed by atoms with E-state index in [-0.39, 0.29) is 11.2 Å². The molecule has 6 nitrogen and oxygen atoms in total. The van der Waals surface area contributed by atoms with Gasteiger partial charge in [0.2, 0.25) is 11.7 Å². The number of carbonyl (C=O) groups is 1. The largest absolute Gasteiger partial charge is 0.493 e. The third kappa shape index (κ3) is 3.07. The Labute approximate surface area is 150 Å². The Morgan fingerprint density at radius 1 is 1.00 bits per heavy atom. The monoisotopic (exact) mass is 361 g/mol. The van der Waals surface area contributed by atoms with Gasteiger partial charge in [0, 0.05) is 17.7 Å². The molecule has 1 atom stereocenters. The molecule has 1 N–H and O–H groups in total. The van der Waals surface area contributed by atoms with Crippen LogP contribution in [-0.4, -0.2) is 33.5 Å². The second-order valence-corrected chi connectivity index (χ2v) is 6.23. The minimum atomic E-state index is -0.224. The Morgan fingerprint density at radius 2 is 1.68 bits per heavy atom. The van der Waals surface area contributed by atoms with Crippen LogP contribution in [0, 0.1) is 0 Å². The molecular formula is C18H19NO5S. The van der Waals surface area contributed by atoms with Crippen molar-refractivity contribution in [2.24, 2.45) is 0 Å². The lowest BCUT2D eigenvalue weighted by atomic mass is 10.1. The van der Waals surface area contributed by atoms with Crippen LogP contribution >= 0.6 is 11.8 Å². The van der Waals surface area contributed by atoms with Crippen molar-refractivity contribution >= 4 is 23.4 Å². The Kier molecular flexibility index (Phi) is 4.94. The Hall–Kier alpha value is -2.54. The summed E-state index contributed by atoms with van der Waals surface area (Å²) in [6, 6.07) is 9.03. The SMILES string of the molecule is COc1cc(Oc2cccc3c2NC(=O)C3SC)cc(OC)c1OC. The van der Waals surface area contributed by atoms with Crippen LogP contribution in [0.4, 0.5) is 5.69 Å². The van der Waals surface area contributed by atoms with Gasteiger partial charge in [0.05, 0.1) is 27.0 Å². The van der Waals surface area contributed by atoms with E-state index in [0.717, 1.165) is 5.56 Å². The van der Waals surface area contributed by atoms with Gasteiger partial charge in [0.15, 0.2) is 17.2 Å². The van der Waals surface area contributed by atoms with Gasteiger partial charge in [-0.2, -0.15) is 0 Å². The number of nitrogens with one attached hydrogen (secondary N) is 1. The van der Waals surface area contributed by atoms with Crippen LogP contribution in [0.5, 0.6) is 28.7 Å². The van der Waals surface area contributed by atoms with Crippen molar-refractivity contribution in [3.8, 4) is 28.7 Å². The molecule has 1 aliphatic heterocycles. The molecule has 0 saturated heterocycles. The molecule has 1 aliphatic rings. The quantitative estimate of drug-likeness (QED) is 0.843. The standard InChI is InChI=1S/C18H19NO5S/c1-21-13-8-10(9-14(22-2)16(13)23-3)24-12-7-5-6-11-15(12)19-18(20)17(11)25-4/h5-9,17H,1-4H3,(H,19,20). The highest BCUT2D eigenvalue weighted by Gasteiger charge is 2.32. The van der Waals surface area contributed by atoms with Crippen LogP contribution < -0.4 is 24.3 Å². The van der Waals surface area contributed by atoms with E-state index in [2.05, 4.69) is 5.32 Å². The molecule has 25 heavy (non-hydrogen) atoms. The highest BCUT2D eigenvalue weighted by atomic mass is 32.2. The highest BCUT2D eigenvalue weighted by Crippen LogP contribution is 2.47. The summed E-state index contributed by atoms with van der Waals surface area (Å²) in [4.78, 5) is 12.1. The summed E-state index contributed by atoms with van der Waals surface area (Å²) in [5.74, 6) is 2.53. The molecule has 7 heteroatoms. The first-order valence-corrected chi connectivity index (χ1v) is 8.86. The predicted molar refractivity (Wildman–Crippen MR) is 97.5 cm³/mol. The first-order valence-electron chi connectivity index (χ1n) is 7.57. The number of amides is 1. The van der Waals surface area contributed by atoms with Gasteiger partial charge in [-0.15, -0.1) is 11.8 Å². The number of para-hydroxylation sites is 1. The summed E-state index contributed by atoms with van der Waals surface area (Å²) in [6.45, 7) is 0. The van der Waals surface area contributed by atoms with E-state index in [1.54, 1.807) is 33.5 Å². The third-order valence-electron chi connectivity index (χ3n) is 3.93. The molecule has 0 radical (unpaired) electrons. The summed E-state index contributed by atoms with van der Waals surface area (Å²) in [5.41, 5.74) is 1.61. The summed E-state index contributed by atoms with van der Waals surface area (Å²) >= 11 is 1.49. The maximum absolute atomic E-state index is 12.1. The van der Waals surface area contributed by atoms with Gasteiger partial charge in [0.1, 0.15) is 11.0 Å².